The molecule has 1 aliphatic heterocycles. The molecule has 126 valence electrons. The number of amides is 2. The quantitative estimate of drug-likeness (QED) is 0.863. The summed E-state index contributed by atoms with van der Waals surface area (Å²) < 4.78 is 23.2. The van der Waals surface area contributed by atoms with Crippen molar-refractivity contribution in [2.24, 2.45) is 0 Å². The lowest BCUT2D eigenvalue weighted by atomic mass is 10.0. The predicted octanol–water partition coefficient (Wildman–Crippen LogP) is 1.24. The molecular formula is C15H17N5O3S. The lowest BCUT2D eigenvalue weighted by molar-refractivity contribution is 0.242. The molecule has 3 rings (SSSR count). The number of benzene rings is 1. The Morgan fingerprint density at radius 3 is 2.67 bits per heavy atom. The maximum Gasteiger partial charge on any atom is 0.322 e. The van der Waals surface area contributed by atoms with Gasteiger partial charge in [-0.3, -0.25) is 5.32 Å². The minimum atomic E-state index is -3.10. The highest BCUT2D eigenvalue weighted by molar-refractivity contribution is 7.91. The molecule has 0 bridgehead atoms. The Morgan fingerprint density at radius 2 is 2.00 bits per heavy atom. The van der Waals surface area contributed by atoms with E-state index in [1.54, 1.807) is 6.92 Å². The second kappa shape index (κ2) is 6.16. The van der Waals surface area contributed by atoms with Crippen molar-refractivity contribution in [3.8, 4) is 11.3 Å². The molecule has 0 saturated carbocycles. The Kier molecular flexibility index (Phi) is 4.18. The van der Waals surface area contributed by atoms with Crippen molar-refractivity contribution in [2.45, 2.75) is 18.9 Å². The minimum Gasteiger partial charge on any atom is -0.332 e. The zero-order chi connectivity index (χ0) is 17.2. The number of sulfone groups is 1. The molecule has 1 aromatic carbocycles. The fraction of sp³-hybridized carbons (Fsp3) is 0.333. The van der Waals surface area contributed by atoms with Crippen LogP contribution in [0.1, 0.15) is 13.3 Å². The van der Waals surface area contributed by atoms with Crippen molar-refractivity contribution in [2.75, 3.05) is 16.8 Å². The molecule has 0 aliphatic carbocycles. The monoisotopic (exact) mass is 347 g/mol. The summed E-state index contributed by atoms with van der Waals surface area (Å²) in [6.07, 6.45) is 1.88. The topological polar surface area (TPSA) is 114 Å². The van der Waals surface area contributed by atoms with E-state index in [2.05, 4.69) is 25.8 Å². The number of hydrogen-bond donors (Lipinski definition) is 2. The van der Waals surface area contributed by atoms with Gasteiger partial charge in [0.05, 0.1) is 28.9 Å². The van der Waals surface area contributed by atoms with Crippen LogP contribution in [0.2, 0.25) is 0 Å². The smallest absolute Gasteiger partial charge is 0.322 e. The van der Waals surface area contributed by atoms with Gasteiger partial charge < -0.3 is 5.32 Å². The molecule has 1 aromatic heterocycles. The largest absolute Gasteiger partial charge is 0.332 e. The summed E-state index contributed by atoms with van der Waals surface area (Å²) >= 11 is 0. The highest BCUT2D eigenvalue weighted by Gasteiger charge is 2.39. The Bertz CT molecular complexity index is 856. The van der Waals surface area contributed by atoms with Gasteiger partial charge in [0.2, 0.25) is 0 Å². The fourth-order valence-corrected chi connectivity index (χ4v) is 4.71. The predicted molar refractivity (Wildman–Crippen MR) is 89.1 cm³/mol. The van der Waals surface area contributed by atoms with E-state index in [-0.39, 0.29) is 17.5 Å². The van der Waals surface area contributed by atoms with Crippen LogP contribution in [0.5, 0.6) is 0 Å². The van der Waals surface area contributed by atoms with E-state index < -0.39 is 21.4 Å². The van der Waals surface area contributed by atoms with E-state index in [0.29, 0.717) is 12.1 Å². The first-order valence-electron chi connectivity index (χ1n) is 7.40. The summed E-state index contributed by atoms with van der Waals surface area (Å²) in [5.74, 6) is 0.0559. The molecule has 8 nitrogen and oxygen atoms in total. The summed E-state index contributed by atoms with van der Waals surface area (Å²) in [7, 11) is -3.10. The first-order chi connectivity index (χ1) is 11.4. The average molecular weight is 347 g/mol. The SMILES string of the molecule is C[C@@]1(NC(=O)Nc2nncc(-c3ccccc3)n2)CCS(=O)(=O)C1. The Hall–Kier alpha value is -2.55. The standard InChI is InChI=1S/C15H17N5O3S/c1-15(7-8-24(22,23)10-15)19-14(21)18-13-17-12(9-16-20-13)11-5-3-2-4-6-11/h2-6,9H,7-8,10H2,1H3,(H2,17,18,19,20,21)/t15-/m1/s1. The van der Waals surface area contributed by atoms with E-state index in [9.17, 15) is 13.2 Å². The van der Waals surface area contributed by atoms with Gasteiger partial charge in [-0.05, 0) is 13.3 Å². The zero-order valence-electron chi connectivity index (χ0n) is 13.1. The Labute approximate surface area is 139 Å². The van der Waals surface area contributed by atoms with Gasteiger partial charge in [-0.1, -0.05) is 30.3 Å². The molecular weight excluding hydrogens is 330 g/mol. The van der Waals surface area contributed by atoms with Crippen molar-refractivity contribution in [1.82, 2.24) is 20.5 Å². The molecule has 24 heavy (non-hydrogen) atoms. The van der Waals surface area contributed by atoms with Crippen molar-refractivity contribution >= 4 is 21.8 Å². The normalized spacial score (nSPS) is 22.0. The second-order valence-corrected chi connectivity index (χ2v) is 8.20. The highest BCUT2D eigenvalue weighted by Crippen LogP contribution is 2.23. The molecule has 2 heterocycles. The van der Waals surface area contributed by atoms with Gasteiger partial charge in [-0.15, -0.1) is 5.10 Å². The van der Waals surface area contributed by atoms with E-state index in [1.807, 2.05) is 30.3 Å². The number of nitrogens with zero attached hydrogens (tertiary/aromatic N) is 3. The summed E-state index contributed by atoms with van der Waals surface area (Å²) in [6, 6.07) is 8.83. The summed E-state index contributed by atoms with van der Waals surface area (Å²) in [5, 5.41) is 12.8. The van der Waals surface area contributed by atoms with Crippen LogP contribution in [0.4, 0.5) is 10.7 Å². The number of aromatic nitrogens is 3. The third-order valence-corrected chi connectivity index (χ3v) is 5.68. The van der Waals surface area contributed by atoms with Crippen LogP contribution in [-0.4, -0.2) is 46.7 Å². The van der Waals surface area contributed by atoms with Gasteiger partial charge in [-0.25, -0.2) is 18.2 Å². The molecule has 1 fully saturated rings. The van der Waals surface area contributed by atoms with Gasteiger partial charge in [-0.2, -0.15) is 5.10 Å². The molecule has 1 atom stereocenters. The number of hydrogen-bond acceptors (Lipinski definition) is 6. The van der Waals surface area contributed by atoms with Crippen LogP contribution in [0.25, 0.3) is 11.3 Å². The van der Waals surface area contributed by atoms with Crippen molar-refractivity contribution in [3.05, 3.63) is 36.5 Å². The van der Waals surface area contributed by atoms with Crippen molar-refractivity contribution in [1.29, 1.82) is 0 Å². The van der Waals surface area contributed by atoms with E-state index >= 15 is 0 Å². The number of anilines is 1. The Balaban J connectivity index is 1.69. The summed E-state index contributed by atoms with van der Waals surface area (Å²) in [5.41, 5.74) is 0.646. The summed E-state index contributed by atoms with van der Waals surface area (Å²) in [6.45, 7) is 1.70. The first-order valence-corrected chi connectivity index (χ1v) is 9.22. The van der Waals surface area contributed by atoms with Crippen LogP contribution in [0.15, 0.2) is 36.5 Å². The molecule has 2 amide bonds. The van der Waals surface area contributed by atoms with Crippen molar-refractivity contribution in [3.63, 3.8) is 0 Å². The number of rotatable bonds is 3. The van der Waals surface area contributed by atoms with Gasteiger partial charge in [0.25, 0.3) is 5.95 Å². The fourth-order valence-electron chi connectivity index (χ4n) is 2.62. The number of nitrogens with one attached hydrogen (secondary N) is 2. The lowest BCUT2D eigenvalue weighted by Gasteiger charge is -2.23. The van der Waals surface area contributed by atoms with Crippen LogP contribution < -0.4 is 10.6 Å². The number of carbonyl (C=O) groups is 1. The van der Waals surface area contributed by atoms with Crippen LogP contribution >= 0.6 is 0 Å². The van der Waals surface area contributed by atoms with E-state index in [4.69, 9.17) is 0 Å². The molecule has 2 aromatic rings. The lowest BCUT2D eigenvalue weighted by Crippen LogP contribution is -2.48. The number of carbonyl (C=O) groups excluding carboxylic acids is 1. The third-order valence-electron chi connectivity index (χ3n) is 3.77. The van der Waals surface area contributed by atoms with Crippen LogP contribution in [0.3, 0.4) is 0 Å². The number of urea groups is 1. The molecule has 0 radical (unpaired) electrons. The second-order valence-electron chi connectivity index (χ2n) is 6.01. The average Bonchev–Trinajstić information content (AvgIpc) is 2.81. The third kappa shape index (κ3) is 3.85. The van der Waals surface area contributed by atoms with Gasteiger partial charge >= 0.3 is 6.03 Å². The van der Waals surface area contributed by atoms with Crippen molar-refractivity contribution < 1.29 is 13.2 Å². The molecule has 2 N–H and O–H groups in total. The first kappa shape index (κ1) is 16.3. The van der Waals surface area contributed by atoms with Gasteiger partial charge in [0.1, 0.15) is 0 Å². The minimum absolute atomic E-state index is 0.0540. The van der Waals surface area contributed by atoms with Gasteiger partial charge in [0.15, 0.2) is 9.84 Å². The highest BCUT2D eigenvalue weighted by atomic mass is 32.2. The van der Waals surface area contributed by atoms with Gasteiger partial charge in [0, 0.05) is 5.56 Å². The molecule has 1 saturated heterocycles. The molecule has 1 aliphatic rings. The maximum absolute atomic E-state index is 12.1. The maximum atomic E-state index is 12.1. The van der Waals surface area contributed by atoms with E-state index in [0.717, 1.165) is 5.56 Å². The zero-order valence-corrected chi connectivity index (χ0v) is 13.9. The Morgan fingerprint density at radius 1 is 1.25 bits per heavy atom. The van der Waals surface area contributed by atoms with Crippen LogP contribution in [0, 0.1) is 0 Å². The molecule has 0 unspecified atom stereocenters. The van der Waals surface area contributed by atoms with E-state index in [1.165, 1.54) is 6.20 Å². The van der Waals surface area contributed by atoms with Crippen LogP contribution in [-0.2, 0) is 9.84 Å². The molecule has 9 heteroatoms. The summed E-state index contributed by atoms with van der Waals surface area (Å²) in [4.78, 5) is 16.4. The molecule has 0 spiro atoms.